The van der Waals surface area contributed by atoms with Gasteiger partial charge in [0.15, 0.2) is 0 Å². The van der Waals surface area contributed by atoms with E-state index in [-0.39, 0.29) is 11.8 Å². The summed E-state index contributed by atoms with van der Waals surface area (Å²) in [6.07, 6.45) is 1.68. The van der Waals surface area contributed by atoms with Crippen molar-refractivity contribution in [3.05, 3.63) is 71.3 Å². The molecule has 4 nitrogen and oxygen atoms in total. The van der Waals surface area contributed by atoms with Crippen LogP contribution in [0, 0.1) is 29.1 Å². The summed E-state index contributed by atoms with van der Waals surface area (Å²) in [6, 6.07) is 18.8. The van der Waals surface area contributed by atoms with E-state index >= 15 is 0 Å². The van der Waals surface area contributed by atoms with Gasteiger partial charge in [-0.1, -0.05) is 68.8 Å². The number of para-hydroxylation sites is 1. The van der Waals surface area contributed by atoms with Gasteiger partial charge in [0.25, 0.3) is 0 Å². The lowest BCUT2D eigenvalue weighted by Gasteiger charge is -2.22. The van der Waals surface area contributed by atoms with Gasteiger partial charge in [-0.2, -0.15) is 5.26 Å². The molecule has 0 saturated carbocycles. The molecule has 2 aromatic rings. The number of nitrogens with zero attached hydrogens (tertiary/aromatic N) is 1. The van der Waals surface area contributed by atoms with Crippen molar-refractivity contribution >= 4 is 17.6 Å². The predicted molar refractivity (Wildman–Crippen MR) is 110 cm³/mol. The Hall–Kier alpha value is -2.77. The van der Waals surface area contributed by atoms with Crippen molar-refractivity contribution in [3.8, 4) is 17.6 Å². The predicted octanol–water partition coefficient (Wildman–Crippen LogP) is 6.20. The van der Waals surface area contributed by atoms with Crippen LogP contribution in [0.1, 0.15) is 32.3 Å². The van der Waals surface area contributed by atoms with Crippen LogP contribution in [0.2, 0.25) is 0 Å². The summed E-state index contributed by atoms with van der Waals surface area (Å²) in [5.41, 5.74) is 0.695. The van der Waals surface area contributed by atoms with Crippen LogP contribution >= 0.6 is 11.6 Å². The quantitative estimate of drug-likeness (QED) is 0.575. The van der Waals surface area contributed by atoms with Gasteiger partial charge in [0.2, 0.25) is 0 Å². The molecule has 2 rings (SSSR count). The van der Waals surface area contributed by atoms with E-state index in [9.17, 15) is 15.2 Å². The maximum Gasteiger partial charge on any atom is 0.307 e. The number of rotatable bonds is 8. The number of carboxylic acid groups (broad SMARTS) is 1. The Bertz CT molecular complexity index is 871. The highest BCUT2D eigenvalue weighted by Gasteiger charge is 2.28. The topological polar surface area (TPSA) is 70.3 Å². The number of hydrogen-bond donors (Lipinski definition) is 1. The zero-order chi connectivity index (χ0) is 20.7. The third kappa shape index (κ3) is 5.61. The Morgan fingerprint density at radius 3 is 2.32 bits per heavy atom. The molecule has 0 saturated heterocycles. The fraction of sp³-hybridized carbons (Fsp3) is 0.304. The molecule has 1 N–H and O–H groups in total. The molecule has 0 spiro atoms. The minimum Gasteiger partial charge on any atom is -0.481 e. The Morgan fingerprint density at radius 2 is 1.75 bits per heavy atom. The molecule has 5 heteroatoms. The summed E-state index contributed by atoms with van der Waals surface area (Å²) in [5.74, 6) is -1.17. The summed E-state index contributed by atoms with van der Waals surface area (Å²) >= 11 is 6.45. The van der Waals surface area contributed by atoms with E-state index < -0.39 is 17.8 Å². The van der Waals surface area contributed by atoms with Gasteiger partial charge >= 0.3 is 5.97 Å². The number of carbonyl (C=O) groups is 1. The molecule has 0 aliphatic rings. The second kappa shape index (κ2) is 9.96. The van der Waals surface area contributed by atoms with Gasteiger partial charge in [0.1, 0.15) is 17.4 Å². The number of aliphatic carboxylic acids is 1. The van der Waals surface area contributed by atoms with Crippen molar-refractivity contribution in [1.82, 2.24) is 0 Å². The highest BCUT2D eigenvalue weighted by atomic mass is 35.5. The number of halogens is 1. The summed E-state index contributed by atoms with van der Waals surface area (Å²) in [4.78, 5) is 11.5. The number of carboxylic acids is 1. The molecule has 0 radical (unpaired) electrons. The molecule has 28 heavy (non-hydrogen) atoms. The molecular weight excluding hydrogens is 374 g/mol. The van der Waals surface area contributed by atoms with Gasteiger partial charge < -0.3 is 9.84 Å². The molecule has 0 aliphatic heterocycles. The van der Waals surface area contributed by atoms with Crippen LogP contribution in [-0.2, 0) is 4.79 Å². The van der Waals surface area contributed by atoms with Crippen molar-refractivity contribution < 1.29 is 14.6 Å². The number of nitriles is 1. The monoisotopic (exact) mass is 397 g/mol. The molecule has 3 atom stereocenters. The molecule has 0 amide bonds. The first-order valence-electron chi connectivity index (χ1n) is 9.16. The minimum atomic E-state index is -0.866. The lowest BCUT2D eigenvalue weighted by atomic mass is 9.83. The first-order chi connectivity index (χ1) is 13.3. The van der Waals surface area contributed by atoms with Crippen LogP contribution in [0.4, 0.5) is 0 Å². The highest BCUT2D eigenvalue weighted by Crippen LogP contribution is 2.33. The van der Waals surface area contributed by atoms with Gasteiger partial charge in [-0.15, -0.1) is 0 Å². The maximum atomic E-state index is 11.5. The SMILES string of the molecule is CC(C)C(C(=O)O)C(C)C=C(Cl)C(C#N)c1cccc(Oc2ccccc2)c1. The van der Waals surface area contributed by atoms with E-state index in [1.807, 2.05) is 63.2 Å². The smallest absolute Gasteiger partial charge is 0.307 e. The molecule has 3 unspecified atom stereocenters. The normalized spacial score (nSPS) is 14.8. The van der Waals surface area contributed by atoms with Gasteiger partial charge in [0.05, 0.1) is 12.0 Å². The first kappa shape index (κ1) is 21.5. The van der Waals surface area contributed by atoms with Crippen LogP contribution in [0.25, 0.3) is 0 Å². The molecule has 2 aromatic carbocycles. The van der Waals surface area contributed by atoms with Gasteiger partial charge in [-0.3, -0.25) is 4.79 Å². The van der Waals surface area contributed by atoms with E-state index in [1.54, 1.807) is 18.2 Å². The van der Waals surface area contributed by atoms with E-state index in [2.05, 4.69) is 6.07 Å². The third-order valence-corrected chi connectivity index (χ3v) is 4.91. The second-order valence-corrected chi connectivity index (χ2v) is 7.50. The summed E-state index contributed by atoms with van der Waals surface area (Å²) in [6.45, 7) is 5.54. The Morgan fingerprint density at radius 1 is 1.11 bits per heavy atom. The Labute approximate surface area is 171 Å². The van der Waals surface area contributed by atoms with E-state index in [0.717, 1.165) is 0 Å². The van der Waals surface area contributed by atoms with Crippen molar-refractivity contribution in [3.63, 3.8) is 0 Å². The first-order valence-corrected chi connectivity index (χ1v) is 9.53. The summed E-state index contributed by atoms with van der Waals surface area (Å²) in [7, 11) is 0. The molecular formula is C23H24ClNO3. The average molecular weight is 398 g/mol. The van der Waals surface area contributed by atoms with E-state index in [4.69, 9.17) is 16.3 Å². The molecule has 146 valence electrons. The van der Waals surface area contributed by atoms with Crippen LogP contribution in [-0.4, -0.2) is 11.1 Å². The number of allylic oxidation sites excluding steroid dienone is 2. The second-order valence-electron chi connectivity index (χ2n) is 7.07. The lowest BCUT2D eigenvalue weighted by Crippen LogP contribution is -2.25. The third-order valence-electron chi connectivity index (χ3n) is 4.57. The molecule has 0 aromatic heterocycles. The highest BCUT2D eigenvalue weighted by molar-refractivity contribution is 6.30. The van der Waals surface area contributed by atoms with E-state index in [1.165, 1.54) is 0 Å². The lowest BCUT2D eigenvalue weighted by molar-refractivity contribution is -0.144. The van der Waals surface area contributed by atoms with Crippen molar-refractivity contribution in [2.24, 2.45) is 17.8 Å². The average Bonchev–Trinajstić information content (AvgIpc) is 2.62. The van der Waals surface area contributed by atoms with Crippen LogP contribution in [0.15, 0.2) is 65.7 Å². The van der Waals surface area contributed by atoms with Crippen LogP contribution in [0.3, 0.4) is 0 Å². The fourth-order valence-electron chi connectivity index (χ4n) is 3.25. The zero-order valence-electron chi connectivity index (χ0n) is 16.2. The molecule has 0 aliphatic carbocycles. The van der Waals surface area contributed by atoms with Gasteiger partial charge in [-0.25, -0.2) is 0 Å². The van der Waals surface area contributed by atoms with Crippen molar-refractivity contribution in [1.29, 1.82) is 5.26 Å². The standard InChI is InChI=1S/C23H24ClNO3/c1-15(2)22(23(26)27)16(3)12-21(24)20(14-25)17-8-7-11-19(13-17)28-18-9-5-4-6-10-18/h4-13,15-16,20,22H,1-3H3,(H,26,27). The fourth-order valence-corrected chi connectivity index (χ4v) is 3.62. The van der Waals surface area contributed by atoms with Crippen molar-refractivity contribution in [2.75, 3.05) is 0 Å². The maximum absolute atomic E-state index is 11.5. The Kier molecular flexibility index (Phi) is 7.66. The largest absolute Gasteiger partial charge is 0.481 e. The molecule has 0 heterocycles. The van der Waals surface area contributed by atoms with E-state index in [0.29, 0.717) is 22.1 Å². The van der Waals surface area contributed by atoms with Gasteiger partial charge in [0, 0.05) is 5.03 Å². The zero-order valence-corrected chi connectivity index (χ0v) is 16.9. The van der Waals surface area contributed by atoms with Crippen molar-refractivity contribution in [2.45, 2.75) is 26.7 Å². The Balaban J connectivity index is 2.25. The van der Waals surface area contributed by atoms with Gasteiger partial charge in [-0.05, 0) is 41.7 Å². The number of hydrogen-bond acceptors (Lipinski definition) is 3. The minimum absolute atomic E-state index is 0.0450. The van der Waals surface area contributed by atoms with Crippen LogP contribution < -0.4 is 4.74 Å². The van der Waals surface area contributed by atoms with Crippen LogP contribution in [0.5, 0.6) is 11.5 Å². The number of benzene rings is 2. The summed E-state index contributed by atoms with van der Waals surface area (Å²) < 4.78 is 5.83. The molecule has 0 bridgehead atoms. The summed E-state index contributed by atoms with van der Waals surface area (Å²) in [5, 5.41) is 19.4. The molecule has 0 fully saturated rings. The number of ether oxygens (including phenoxy) is 1.